The SMILES string of the molecule is O=[N+]([O-])c1cc(Br)ccc1-c1cccc2oc(-c3ccccc3)nc12. The van der Waals surface area contributed by atoms with Crippen molar-refractivity contribution in [3.8, 4) is 22.6 Å². The van der Waals surface area contributed by atoms with Crippen LogP contribution < -0.4 is 0 Å². The standard InChI is InChI=1S/C19H11BrN2O3/c20-13-9-10-14(16(11-13)22(23)24)15-7-4-8-17-18(15)21-19(25-17)12-5-2-1-3-6-12/h1-11H. The fourth-order valence-corrected chi connectivity index (χ4v) is 3.10. The molecule has 0 fully saturated rings. The molecule has 0 aliphatic rings. The zero-order chi connectivity index (χ0) is 17.4. The number of hydrogen-bond acceptors (Lipinski definition) is 4. The molecule has 4 aromatic rings. The van der Waals surface area contributed by atoms with Crippen LogP contribution in [0.3, 0.4) is 0 Å². The molecule has 0 aliphatic carbocycles. The van der Waals surface area contributed by atoms with Gasteiger partial charge in [0.25, 0.3) is 5.69 Å². The molecular weight excluding hydrogens is 384 g/mol. The molecule has 0 saturated heterocycles. The lowest BCUT2D eigenvalue weighted by Crippen LogP contribution is -1.92. The number of oxazole rings is 1. The number of benzene rings is 3. The van der Waals surface area contributed by atoms with E-state index in [2.05, 4.69) is 20.9 Å². The van der Waals surface area contributed by atoms with Gasteiger partial charge in [-0.15, -0.1) is 0 Å². The monoisotopic (exact) mass is 394 g/mol. The number of aromatic nitrogens is 1. The topological polar surface area (TPSA) is 69.2 Å². The second kappa shape index (κ2) is 6.14. The van der Waals surface area contributed by atoms with Gasteiger partial charge in [-0.3, -0.25) is 10.1 Å². The summed E-state index contributed by atoms with van der Waals surface area (Å²) in [5, 5.41) is 11.5. The average Bonchev–Trinajstić information content (AvgIpc) is 3.07. The van der Waals surface area contributed by atoms with Crippen molar-refractivity contribution >= 4 is 32.7 Å². The van der Waals surface area contributed by atoms with Crippen molar-refractivity contribution < 1.29 is 9.34 Å². The minimum Gasteiger partial charge on any atom is -0.436 e. The van der Waals surface area contributed by atoms with E-state index in [0.717, 1.165) is 5.56 Å². The number of nitro benzene ring substituents is 1. The van der Waals surface area contributed by atoms with Gasteiger partial charge in [0.2, 0.25) is 5.89 Å². The summed E-state index contributed by atoms with van der Waals surface area (Å²) in [6.07, 6.45) is 0. The zero-order valence-corrected chi connectivity index (χ0v) is 14.4. The van der Waals surface area contributed by atoms with Crippen LogP contribution in [0.1, 0.15) is 0 Å². The molecule has 4 rings (SSSR count). The fourth-order valence-electron chi connectivity index (χ4n) is 2.75. The van der Waals surface area contributed by atoms with Gasteiger partial charge < -0.3 is 4.42 Å². The lowest BCUT2D eigenvalue weighted by atomic mass is 10.0. The molecule has 0 amide bonds. The molecule has 0 aliphatic heterocycles. The Morgan fingerprint density at radius 2 is 1.76 bits per heavy atom. The maximum atomic E-state index is 11.5. The molecular formula is C19H11BrN2O3. The Morgan fingerprint density at radius 1 is 0.960 bits per heavy atom. The van der Waals surface area contributed by atoms with E-state index in [0.29, 0.717) is 32.6 Å². The van der Waals surface area contributed by atoms with Crippen molar-refractivity contribution in [3.05, 3.63) is 81.3 Å². The van der Waals surface area contributed by atoms with E-state index in [1.807, 2.05) is 48.5 Å². The maximum absolute atomic E-state index is 11.5. The number of para-hydroxylation sites is 1. The van der Waals surface area contributed by atoms with Gasteiger partial charge in [0.15, 0.2) is 5.58 Å². The normalized spacial score (nSPS) is 10.9. The van der Waals surface area contributed by atoms with Gasteiger partial charge in [0.05, 0.1) is 10.5 Å². The quantitative estimate of drug-likeness (QED) is 0.323. The summed E-state index contributed by atoms with van der Waals surface area (Å²) in [6, 6.07) is 20.0. The molecule has 122 valence electrons. The third-order valence-corrected chi connectivity index (χ3v) is 4.38. The minimum absolute atomic E-state index is 0.0196. The summed E-state index contributed by atoms with van der Waals surface area (Å²) < 4.78 is 6.50. The molecule has 6 heteroatoms. The number of halogens is 1. The van der Waals surface area contributed by atoms with E-state index in [9.17, 15) is 10.1 Å². The first-order chi connectivity index (χ1) is 12.1. The van der Waals surface area contributed by atoms with Crippen LogP contribution in [0.15, 0.2) is 75.6 Å². The molecule has 0 saturated carbocycles. The number of rotatable bonds is 3. The lowest BCUT2D eigenvalue weighted by molar-refractivity contribution is -0.384. The Morgan fingerprint density at radius 3 is 2.52 bits per heavy atom. The molecule has 0 atom stereocenters. The van der Waals surface area contributed by atoms with Gasteiger partial charge in [-0.1, -0.05) is 46.3 Å². The van der Waals surface area contributed by atoms with Crippen molar-refractivity contribution in [1.29, 1.82) is 0 Å². The number of hydrogen-bond donors (Lipinski definition) is 0. The summed E-state index contributed by atoms with van der Waals surface area (Å²) >= 11 is 3.28. The number of nitro groups is 1. The first-order valence-corrected chi connectivity index (χ1v) is 8.32. The minimum atomic E-state index is -0.392. The third-order valence-electron chi connectivity index (χ3n) is 3.89. The molecule has 1 heterocycles. The van der Waals surface area contributed by atoms with Gasteiger partial charge in [-0.2, -0.15) is 0 Å². The van der Waals surface area contributed by atoms with E-state index < -0.39 is 4.92 Å². The van der Waals surface area contributed by atoms with Crippen LogP contribution in [0.5, 0.6) is 0 Å². The van der Waals surface area contributed by atoms with E-state index in [4.69, 9.17) is 4.42 Å². The molecule has 0 spiro atoms. The highest BCUT2D eigenvalue weighted by Crippen LogP contribution is 2.37. The smallest absolute Gasteiger partial charge is 0.278 e. The van der Waals surface area contributed by atoms with Gasteiger partial charge >= 0.3 is 0 Å². The van der Waals surface area contributed by atoms with E-state index in [1.54, 1.807) is 12.1 Å². The Kier molecular flexibility index (Phi) is 3.82. The van der Waals surface area contributed by atoms with Crippen LogP contribution in [0, 0.1) is 10.1 Å². The number of fused-ring (bicyclic) bond motifs is 1. The van der Waals surface area contributed by atoms with Gasteiger partial charge in [0, 0.05) is 21.7 Å². The predicted molar refractivity (Wildman–Crippen MR) is 99.2 cm³/mol. The highest BCUT2D eigenvalue weighted by atomic mass is 79.9. The summed E-state index contributed by atoms with van der Waals surface area (Å²) in [5.41, 5.74) is 3.25. The molecule has 1 aromatic heterocycles. The van der Waals surface area contributed by atoms with Crippen molar-refractivity contribution in [2.75, 3.05) is 0 Å². The fraction of sp³-hybridized carbons (Fsp3) is 0. The molecule has 0 bridgehead atoms. The summed E-state index contributed by atoms with van der Waals surface area (Å²) in [4.78, 5) is 15.6. The second-order valence-electron chi connectivity index (χ2n) is 5.46. The van der Waals surface area contributed by atoms with Crippen LogP contribution in [-0.2, 0) is 0 Å². The summed E-state index contributed by atoms with van der Waals surface area (Å²) in [7, 11) is 0. The van der Waals surface area contributed by atoms with Crippen molar-refractivity contribution in [2.24, 2.45) is 0 Å². The van der Waals surface area contributed by atoms with Crippen LogP contribution in [-0.4, -0.2) is 9.91 Å². The van der Waals surface area contributed by atoms with E-state index >= 15 is 0 Å². The van der Waals surface area contributed by atoms with Gasteiger partial charge in [0.1, 0.15) is 5.52 Å². The van der Waals surface area contributed by atoms with Gasteiger partial charge in [-0.25, -0.2) is 4.98 Å². The van der Waals surface area contributed by atoms with E-state index in [1.165, 1.54) is 6.07 Å². The Hall–Kier alpha value is -2.99. The highest BCUT2D eigenvalue weighted by Gasteiger charge is 2.20. The third kappa shape index (κ3) is 2.81. The summed E-state index contributed by atoms with van der Waals surface area (Å²) in [6.45, 7) is 0. The van der Waals surface area contributed by atoms with E-state index in [-0.39, 0.29) is 5.69 Å². The maximum Gasteiger partial charge on any atom is 0.278 e. The van der Waals surface area contributed by atoms with Crippen molar-refractivity contribution in [3.63, 3.8) is 0 Å². The first-order valence-electron chi connectivity index (χ1n) is 7.53. The first kappa shape index (κ1) is 15.5. The molecule has 0 N–H and O–H groups in total. The molecule has 25 heavy (non-hydrogen) atoms. The molecule has 0 unspecified atom stereocenters. The summed E-state index contributed by atoms with van der Waals surface area (Å²) in [5.74, 6) is 0.489. The average molecular weight is 395 g/mol. The van der Waals surface area contributed by atoms with Crippen LogP contribution in [0.2, 0.25) is 0 Å². The largest absolute Gasteiger partial charge is 0.436 e. The highest BCUT2D eigenvalue weighted by molar-refractivity contribution is 9.10. The Bertz CT molecular complexity index is 1090. The zero-order valence-electron chi connectivity index (χ0n) is 12.8. The Labute approximate surface area is 151 Å². The van der Waals surface area contributed by atoms with Crippen molar-refractivity contribution in [2.45, 2.75) is 0 Å². The predicted octanol–water partition coefficient (Wildman–Crippen LogP) is 5.83. The molecule has 5 nitrogen and oxygen atoms in total. The molecule has 0 radical (unpaired) electrons. The second-order valence-corrected chi connectivity index (χ2v) is 6.37. The van der Waals surface area contributed by atoms with Gasteiger partial charge in [-0.05, 0) is 30.3 Å². The van der Waals surface area contributed by atoms with Crippen LogP contribution >= 0.6 is 15.9 Å². The van der Waals surface area contributed by atoms with Crippen molar-refractivity contribution in [1.82, 2.24) is 4.98 Å². The van der Waals surface area contributed by atoms with Crippen LogP contribution in [0.4, 0.5) is 5.69 Å². The molecule has 3 aromatic carbocycles. The van der Waals surface area contributed by atoms with Crippen LogP contribution in [0.25, 0.3) is 33.7 Å². The lowest BCUT2D eigenvalue weighted by Gasteiger charge is -2.04. The number of nitrogens with zero attached hydrogens (tertiary/aromatic N) is 2. The Balaban J connectivity index is 1.95.